The van der Waals surface area contributed by atoms with Gasteiger partial charge in [0, 0.05) is 5.02 Å². The van der Waals surface area contributed by atoms with Crippen LogP contribution in [0, 0.1) is 0 Å². The van der Waals surface area contributed by atoms with Gasteiger partial charge in [0.1, 0.15) is 0 Å². The molecule has 20 heavy (non-hydrogen) atoms. The fourth-order valence-electron chi connectivity index (χ4n) is 1.60. The van der Waals surface area contributed by atoms with Crippen LogP contribution in [0.15, 0.2) is 24.3 Å². The molecule has 0 bridgehead atoms. The zero-order valence-corrected chi connectivity index (χ0v) is 13.2. The molecule has 0 heterocycles. The topological polar surface area (TPSA) is 91.8 Å². The number of aliphatic hydroxyl groups excluding tert-OH is 1. The fourth-order valence-corrected chi connectivity index (χ4v) is 4.76. The van der Waals surface area contributed by atoms with E-state index in [1.54, 1.807) is 0 Å². The maximum absolute atomic E-state index is 11.7. The fraction of sp³-hybridized carbons (Fsp3) is 0.273. The summed E-state index contributed by atoms with van der Waals surface area (Å²) in [7, 11) is -8.10. The Bertz CT molecular complexity index is 693. The average Bonchev–Trinajstić information content (AvgIpc) is 2.24. The zero-order chi connectivity index (χ0) is 15.6. The number of hydrogen-bond donors (Lipinski definition) is 1. The predicted molar refractivity (Wildman–Crippen MR) is 79.7 cm³/mol. The van der Waals surface area contributed by atoms with E-state index in [9.17, 15) is 16.8 Å². The highest BCUT2D eigenvalue weighted by atomic mass is 35.5. The Balaban J connectivity index is 3.64. The van der Waals surface area contributed by atoms with Gasteiger partial charge in [-0.25, -0.2) is 16.8 Å². The zero-order valence-electron chi connectivity index (χ0n) is 10.8. The van der Waals surface area contributed by atoms with Gasteiger partial charge in [0.05, 0.1) is 24.8 Å². The molecule has 0 amide bonds. The van der Waals surface area contributed by atoms with Gasteiger partial charge in [-0.15, -0.1) is 0 Å². The molecule has 1 N–H and O–H groups in total. The first-order chi connectivity index (χ1) is 9.07. The summed E-state index contributed by atoms with van der Waals surface area (Å²) in [6.45, 7) is -0.264. The second-order valence-electron chi connectivity index (χ2n) is 4.01. The summed E-state index contributed by atoms with van der Waals surface area (Å²) in [6.07, 6.45) is 4.34. The third kappa shape index (κ3) is 4.20. The first kappa shape index (κ1) is 17.0. The van der Waals surface area contributed by atoms with E-state index >= 15 is 0 Å². The monoisotopic (exact) mass is 339 g/mol. The first-order valence-corrected chi connectivity index (χ1v) is 9.42. The summed E-state index contributed by atoms with van der Waals surface area (Å²) >= 11 is 5.81. The van der Waals surface area contributed by atoms with Gasteiger partial charge in [0.2, 0.25) is 20.0 Å². The predicted octanol–water partition coefficient (Wildman–Crippen LogP) is 1.07. The third-order valence-corrected chi connectivity index (χ3v) is 5.65. The lowest BCUT2D eigenvalue weighted by Gasteiger charge is -2.21. The Morgan fingerprint density at radius 2 is 1.75 bits per heavy atom. The van der Waals surface area contributed by atoms with E-state index in [-0.39, 0.29) is 17.3 Å². The van der Waals surface area contributed by atoms with Crippen molar-refractivity contribution in [3.05, 3.63) is 34.9 Å². The number of nitrogens with zero attached hydrogens (tertiary/aromatic N) is 1. The highest BCUT2D eigenvalue weighted by Crippen LogP contribution is 2.29. The summed E-state index contributed by atoms with van der Waals surface area (Å²) in [5, 5.41) is 8.96. The van der Waals surface area contributed by atoms with Crippen LogP contribution in [0.2, 0.25) is 5.02 Å². The largest absolute Gasteiger partial charge is 0.392 e. The molecule has 0 saturated heterocycles. The van der Waals surface area contributed by atoms with Crippen LogP contribution in [0.1, 0.15) is 5.56 Å². The molecule has 1 rings (SSSR count). The van der Waals surface area contributed by atoms with E-state index in [1.165, 1.54) is 30.4 Å². The molecule has 6 nitrogen and oxygen atoms in total. The molecule has 1 aromatic carbocycles. The molecule has 0 fully saturated rings. The summed E-state index contributed by atoms with van der Waals surface area (Å²) in [5.41, 5.74) is 0.214. The third-order valence-electron chi connectivity index (χ3n) is 2.19. The number of anilines is 1. The van der Waals surface area contributed by atoms with Gasteiger partial charge in [-0.05, 0) is 17.7 Å². The van der Waals surface area contributed by atoms with Crippen molar-refractivity contribution in [2.24, 2.45) is 0 Å². The van der Waals surface area contributed by atoms with Crippen molar-refractivity contribution in [1.82, 2.24) is 0 Å². The van der Waals surface area contributed by atoms with Gasteiger partial charge in [-0.2, -0.15) is 3.71 Å². The summed E-state index contributed by atoms with van der Waals surface area (Å²) in [4.78, 5) is 0. The molecule has 0 aliphatic rings. The molecule has 0 aliphatic carbocycles. The maximum Gasteiger partial charge on any atom is 0.245 e. The van der Waals surface area contributed by atoms with Gasteiger partial charge < -0.3 is 5.11 Å². The maximum atomic E-state index is 11.7. The molecule has 0 aromatic heterocycles. The normalized spacial score (nSPS) is 12.8. The average molecular weight is 340 g/mol. The molecule has 0 unspecified atom stereocenters. The van der Waals surface area contributed by atoms with Gasteiger partial charge in [-0.1, -0.05) is 29.8 Å². The van der Waals surface area contributed by atoms with Crippen LogP contribution < -0.4 is 3.71 Å². The Morgan fingerprint density at radius 3 is 2.20 bits per heavy atom. The van der Waals surface area contributed by atoms with Crippen LogP contribution in [0.25, 0.3) is 6.08 Å². The summed E-state index contributed by atoms with van der Waals surface area (Å²) in [6, 6.07) is 4.19. The second-order valence-corrected chi connectivity index (χ2v) is 8.34. The van der Waals surface area contributed by atoms with E-state index in [0.29, 0.717) is 9.27 Å². The van der Waals surface area contributed by atoms with Gasteiger partial charge in [0.15, 0.2) is 0 Å². The minimum Gasteiger partial charge on any atom is -0.392 e. The van der Waals surface area contributed by atoms with Crippen molar-refractivity contribution in [2.45, 2.75) is 0 Å². The van der Waals surface area contributed by atoms with Gasteiger partial charge in [-0.3, -0.25) is 0 Å². The number of sulfonamides is 2. The molecule has 9 heteroatoms. The van der Waals surface area contributed by atoms with Crippen LogP contribution in [0.4, 0.5) is 5.69 Å². The molecule has 0 aliphatic heterocycles. The smallest absolute Gasteiger partial charge is 0.245 e. The molecule has 1 aromatic rings. The van der Waals surface area contributed by atoms with Gasteiger partial charge in [0.25, 0.3) is 0 Å². The van der Waals surface area contributed by atoms with E-state index in [4.69, 9.17) is 16.7 Å². The Morgan fingerprint density at radius 1 is 1.20 bits per heavy atom. The van der Waals surface area contributed by atoms with Crippen molar-refractivity contribution in [3.8, 4) is 0 Å². The molecule has 112 valence electrons. The van der Waals surface area contributed by atoms with Crippen molar-refractivity contribution in [3.63, 3.8) is 0 Å². The van der Waals surface area contributed by atoms with E-state index in [1.807, 2.05) is 0 Å². The minimum absolute atomic E-state index is 0.0906. The SMILES string of the molecule is CS(=O)(=O)N(c1cc(Cl)ccc1C=CCO)S(C)(=O)=O. The molecule has 0 atom stereocenters. The quantitative estimate of drug-likeness (QED) is 0.866. The highest BCUT2D eigenvalue weighted by Gasteiger charge is 2.29. The van der Waals surface area contributed by atoms with E-state index in [2.05, 4.69) is 0 Å². The lowest BCUT2D eigenvalue weighted by molar-refractivity contribution is 0.343. The van der Waals surface area contributed by atoms with Crippen LogP contribution in [0.3, 0.4) is 0 Å². The molecular weight excluding hydrogens is 326 g/mol. The van der Waals surface area contributed by atoms with Crippen LogP contribution in [0.5, 0.6) is 0 Å². The minimum atomic E-state index is -4.05. The highest BCUT2D eigenvalue weighted by molar-refractivity contribution is 8.09. The Labute approximate surface area is 123 Å². The standard InChI is InChI=1S/C11H14ClNO5S2/c1-19(15,16)13(20(2,17)18)11-8-10(12)6-5-9(11)4-3-7-14/h3-6,8,14H,7H2,1-2H3. The number of halogens is 1. The molecule has 0 radical (unpaired) electrons. The Kier molecular flexibility index (Phi) is 5.20. The van der Waals surface area contributed by atoms with Gasteiger partial charge >= 0.3 is 0 Å². The summed E-state index contributed by atoms with van der Waals surface area (Å²) in [5.74, 6) is 0. The number of hydrogen-bond acceptors (Lipinski definition) is 5. The lowest BCUT2D eigenvalue weighted by atomic mass is 10.1. The summed E-state index contributed by atoms with van der Waals surface area (Å²) < 4.78 is 47.3. The molecule has 0 saturated carbocycles. The van der Waals surface area contributed by atoms with Crippen molar-refractivity contribution in [2.75, 3.05) is 22.8 Å². The van der Waals surface area contributed by atoms with Crippen molar-refractivity contribution < 1.29 is 21.9 Å². The van der Waals surface area contributed by atoms with E-state index in [0.717, 1.165) is 12.5 Å². The number of rotatable bonds is 5. The first-order valence-electron chi connectivity index (χ1n) is 5.35. The Hall–Kier alpha value is -1.09. The lowest BCUT2D eigenvalue weighted by Crippen LogP contribution is -2.35. The van der Waals surface area contributed by atoms with Crippen LogP contribution in [-0.2, 0) is 20.0 Å². The van der Waals surface area contributed by atoms with Crippen molar-refractivity contribution >= 4 is 43.4 Å². The molecule has 0 spiro atoms. The van der Waals surface area contributed by atoms with Crippen molar-refractivity contribution in [1.29, 1.82) is 0 Å². The van der Waals surface area contributed by atoms with Crippen LogP contribution in [-0.4, -0.2) is 41.1 Å². The second kappa shape index (κ2) is 6.13. The molecular formula is C11H14ClNO5S2. The number of benzene rings is 1. The van der Waals surface area contributed by atoms with Crippen LogP contribution >= 0.6 is 11.6 Å². The van der Waals surface area contributed by atoms with E-state index < -0.39 is 20.0 Å². The number of aliphatic hydroxyl groups is 1.